The average molecular weight is 255 g/mol. The van der Waals surface area contributed by atoms with Crippen LogP contribution < -0.4 is 0 Å². The molecule has 2 rings (SSSR count). The van der Waals surface area contributed by atoms with Crippen molar-refractivity contribution >= 4 is 26.8 Å². The Morgan fingerprint density at radius 2 is 1.93 bits per heavy atom. The van der Waals surface area contributed by atoms with Gasteiger partial charge in [0.05, 0.1) is 5.52 Å². The fourth-order valence-electron chi connectivity index (χ4n) is 1.27. The molecule has 1 aromatic carbocycles. The molecule has 0 aliphatic carbocycles. The Hall–Kier alpha value is -0.830. The molecule has 1 aromatic heterocycles. The van der Waals surface area contributed by atoms with Gasteiger partial charge in [0, 0.05) is 23.1 Å². The maximum Gasteiger partial charge on any atom is 0.0926 e. The monoisotopic (exact) mass is 254 g/mol. The highest BCUT2D eigenvalue weighted by Gasteiger charge is 2.01. The number of fused-ring (bicyclic) bond motifs is 1. The SMILES string of the molecule is CC.Cc1cc2nn(C)cc2cc1Br. The van der Waals surface area contributed by atoms with Crippen LogP contribution in [0.4, 0.5) is 0 Å². The molecule has 0 spiro atoms. The topological polar surface area (TPSA) is 17.8 Å². The van der Waals surface area contributed by atoms with Gasteiger partial charge in [0.1, 0.15) is 0 Å². The van der Waals surface area contributed by atoms with E-state index in [-0.39, 0.29) is 0 Å². The van der Waals surface area contributed by atoms with Crippen LogP contribution in [-0.4, -0.2) is 9.78 Å². The molecule has 3 heteroatoms. The first-order chi connectivity index (χ1) is 6.66. The predicted molar refractivity (Wildman–Crippen MR) is 64.5 cm³/mol. The van der Waals surface area contributed by atoms with Crippen LogP contribution in [-0.2, 0) is 7.05 Å². The van der Waals surface area contributed by atoms with Gasteiger partial charge in [-0.1, -0.05) is 29.8 Å². The molecule has 0 atom stereocenters. The molecule has 0 bridgehead atoms. The first-order valence-corrected chi connectivity index (χ1v) is 5.55. The molecule has 14 heavy (non-hydrogen) atoms. The van der Waals surface area contributed by atoms with Crippen LogP contribution in [0.1, 0.15) is 19.4 Å². The lowest BCUT2D eigenvalue weighted by atomic mass is 10.2. The van der Waals surface area contributed by atoms with E-state index in [0.29, 0.717) is 0 Å². The van der Waals surface area contributed by atoms with Crippen molar-refractivity contribution in [3.63, 3.8) is 0 Å². The lowest BCUT2D eigenvalue weighted by molar-refractivity contribution is 0.779. The molecule has 1 heterocycles. The number of aryl methyl sites for hydroxylation is 2. The zero-order valence-corrected chi connectivity index (χ0v) is 10.6. The van der Waals surface area contributed by atoms with Gasteiger partial charge in [-0.2, -0.15) is 5.10 Å². The van der Waals surface area contributed by atoms with Crippen molar-refractivity contribution < 1.29 is 0 Å². The van der Waals surface area contributed by atoms with Crippen molar-refractivity contribution in [2.24, 2.45) is 7.05 Å². The molecular formula is C11H15BrN2. The van der Waals surface area contributed by atoms with Crippen molar-refractivity contribution in [2.45, 2.75) is 20.8 Å². The molecule has 2 nitrogen and oxygen atoms in total. The molecule has 0 unspecified atom stereocenters. The van der Waals surface area contributed by atoms with Crippen LogP contribution >= 0.6 is 15.9 Å². The minimum absolute atomic E-state index is 1.05. The van der Waals surface area contributed by atoms with E-state index in [2.05, 4.69) is 40.1 Å². The zero-order valence-electron chi connectivity index (χ0n) is 9.00. The molecule has 0 fully saturated rings. The molecular weight excluding hydrogens is 240 g/mol. The van der Waals surface area contributed by atoms with Gasteiger partial charge in [-0.25, -0.2) is 0 Å². The molecule has 0 saturated heterocycles. The standard InChI is InChI=1S/C9H9BrN2.C2H6/c1-6-3-9-7(4-8(6)10)5-12(2)11-9;1-2/h3-5H,1-2H3;1-2H3. The Morgan fingerprint density at radius 3 is 2.57 bits per heavy atom. The zero-order chi connectivity index (χ0) is 10.7. The summed E-state index contributed by atoms with van der Waals surface area (Å²) in [6, 6.07) is 4.18. The molecule has 76 valence electrons. The van der Waals surface area contributed by atoms with E-state index in [1.54, 1.807) is 0 Å². The second-order valence-electron chi connectivity index (χ2n) is 2.96. The van der Waals surface area contributed by atoms with Crippen molar-refractivity contribution in [3.05, 3.63) is 28.4 Å². The Bertz CT molecular complexity index is 393. The summed E-state index contributed by atoms with van der Waals surface area (Å²) in [6.45, 7) is 6.07. The Balaban J connectivity index is 0.000000461. The third-order valence-electron chi connectivity index (χ3n) is 1.90. The Labute approximate surface area is 93.1 Å². The minimum Gasteiger partial charge on any atom is -0.275 e. The van der Waals surface area contributed by atoms with Crippen molar-refractivity contribution in [2.75, 3.05) is 0 Å². The van der Waals surface area contributed by atoms with Gasteiger partial charge >= 0.3 is 0 Å². The van der Waals surface area contributed by atoms with E-state index in [9.17, 15) is 0 Å². The van der Waals surface area contributed by atoms with Crippen molar-refractivity contribution in [1.82, 2.24) is 9.78 Å². The molecule has 0 aliphatic rings. The molecule has 0 saturated carbocycles. The number of hydrogen-bond donors (Lipinski definition) is 0. The van der Waals surface area contributed by atoms with E-state index in [1.165, 1.54) is 10.9 Å². The molecule has 2 aromatic rings. The maximum absolute atomic E-state index is 4.31. The van der Waals surface area contributed by atoms with Crippen LogP contribution in [0.5, 0.6) is 0 Å². The Morgan fingerprint density at radius 1 is 1.29 bits per heavy atom. The van der Waals surface area contributed by atoms with E-state index < -0.39 is 0 Å². The summed E-state index contributed by atoms with van der Waals surface area (Å²) in [7, 11) is 1.93. The third-order valence-corrected chi connectivity index (χ3v) is 2.75. The van der Waals surface area contributed by atoms with Crippen LogP contribution in [0.3, 0.4) is 0 Å². The number of hydrogen-bond acceptors (Lipinski definition) is 1. The van der Waals surface area contributed by atoms with Gasteiger partial charge in [-0.05, 0) is 24.6 Å². The van der Waals surface area contributed by atoms with Gasteiger partial charge in [0.15, 0.2) is 0 Å². The number of rotatable bonds is 0. The normalized spacial score (nSPS) is 9.79. The molecule has 0 aliphatic heterocycles. The summed E-state index contributed by atoms with van der Waals surface area (Å²) in [5.41, 5.74) is 2.28. The second kappa shape index (κ2) is 4.60. The fourth-order valence-corrected chi connectivity index (χ4v) is 1.63. The highest BCUT2D eigenvalue weighted by Crippen LogP contribution is 2.22. The van der Waals surface area contributed by atoms with Crippen LogP contribution in [0.25, 0.3) is 10.9 Å². The van der Waals surface area contributed by atoms with Crippen LogP contribution in [0.15, 0.2) is 22.8 Å². The number of nitrogens with zero attached hydrogens (tertiary/aromatic N) is 2. The average Bonchev–Trinajstić information content (AvgIpc) is 2.49. The smallest absolute Gasteiger partial charge is 0.0926 e. The number of halogens is 1. The first-order valence-electron chi connectivity index (χ1n) is 4.76. The highest BCUT2D eigenvalue weighted by molar-refractivity contribution is 9.10. The summed E-state index contributed by atoms with van der Waals surface area (Å²) in [6.07, 6.45) is 2.01. The van der Waals surface area contributed by atoms with Crippen LogP contribution in [0.2, 0.25) is 0 Å². The van der Waals surface area contributed by atoms with Crippen molar-refractivity contribution in [1.29, 1.82) is 0 Å². The maximum atomic E-state index is 4.31. The van der Waals surface area contributed by atoms with Crippen LogP contribution in [0, 0.1) is 6.92 Å². The minimum atomic E-state index is 1.05. The lowest BCUT2D eigenvalue weighted by Gasteiger charge is -1.95. The van der Waals surface area contributed by atoms with Gasteiger partial charge in [-0.3, -0.25) is 4.68 Å². The number of benzene rings is 1. The largest absolute Gasteiger partial charge is 0.275 e. The second-order valence-corrected chi connectivity index (χ2v) is 3.82. The summed E-state index contributed by atoms with van der Waals surface area (Å²) in [5, 5.41) is 5.49. The van der Waals surface area contributed by atoms with Gasteiger partial charge < -0.3 is 0 Å². The van der Waals surface area contributed by atoms with Crippen molar-refractivity contribution in [3.8, 4) is 0 Å². The third kappa shape index (κ3) is 2.15. The Kier molecular flexibility index (Phi) is 3.69. The van der Waals surface area contributed by atoms with E-state index in [1.807, 2.05) is 31.8 Å². The first kappa shape index (κ1) is 11.2. The van der Waals surface area contributed by atoms with Gasteiger partial charge in [0.2, 0.25) is 0 Å². The van der Waals surface area contributed by atoms with Gasteiger partial charge in [-0.15, -0.1) is 0 Å². The lowest BCUT2D eigenvalue weighted by Crippen LogP contribution is -1.84. The predicted octanol–water partition coefficient (Wildman–Crippen LogP) is 3.67. The van der Waals surface area contributed by atoms with E-state index >= 15 is 0 Å². The fraction of sp³-hybridized carbons (Fsp3) is 0.364. The molecule has 0 amide bonds. The van der Waals surface area contributed by atoms with E-state index in [0.717, 1.165) is 9.99 Å². The summed E-state index contributed by atoms with van der Waals surface area (Å²) in [5.74, 6) is 0. The highest BCUT2D eigenvalue weighted by atomic mass is 79.9. The quantitative estimate of drug-likeness (QED) is 0.702. The van der Waals surface area contributed by atoms with Gasteiger partial charge in [0.25, 0.3) is 0 Å². The summed E-state index contributed by atoms with van der Waals surface area (Å²) >= 11 is 3.49. The molecule has 0 N–H and O–H groups in total. The summed E-state index contributed by atoms with van der Waals surface area (Å²) < 4.78 is 2.97. The summed E-state index contributed by atoms with van der Waals surface area (Å²) in [4.78, 5) is 0. The number of aromatic nitrogens is 2. The van der Waals surface area contributed by atoms with E-state index in [4.69, 9.17) is 0 Å². The molecule has 0 radical (unpaired) electrons.